The minimum Gasteiger partial charge on any atom is -0.390 e. The van der Waals surface area contributed by atoms with Gasteiger partial charge in [0.1, 0.15) is 0 Å². The maximum Gasteiger partial charge on any atom is 0.251 e. The smallest absolute Gasteiger partial charge is 0.251 e. The Morgan fingerprint density at radius 1 is 0.925 bits per heavy atom. The molecule has 2 aromatic rings. The lowest BCUT2D eigenvalue weighted by molar-refractivity contribution is 0.0196. The van der Waals surface area contributed by atoms with Crippen LogP contribution >= 0.6 is 0 Å². The van der Waals surface area contributed by atoms with E-state index in [1.807, 2.05) is 19.1 Å². The molecule has 0 radical (unpaired) electrons. The molecule has 1 aromatic heterocycles. The maximum absolute atomic E-state index is 13.3. The Hall–Kier alpha value is -3.26. The van der Waals surface area contributed by atoms with Crippen LogP contribution in [0.4, 0.5) is 5.69 Å². The number of nitrogens with two attached hydrogens (primary N) is 1. The topological polar surface area (TPSA) is 134 Å². The van der Waals surface area contributed by atoms with E-state index < -0.39 is 11.5 Å². The van der Waals surface area contributed by atoms with Gasteiger partial charge < -0.3 is 21.5 Å². The molecule has 8 nitrogen and oxygen atoms in total. The monoisotopic (exact) mass is 544 g/mol. The number of hydrogen-bond acceptors (Lipinski definition) is 6. The predicted octanol–water partition coefficient (Wildman–Crippen LogP) is 4.58. The minimum absolute atomic E-state index is 0.0877. The number of carbonyl (C=O) groups is 3. The van der Waals surface area contributed by atoms with Crippen molar-refractivity contribution in [2.45, 2.75) is 94.7 Å². The number of ketones is 1. The van der Waals surface area contributed by atoms with Crippen LogP contribution in [-0.2, 0) is 0 Å². The Balaban J connectivity index is 1.10. The molecular formula is C32H40N4O4. The van der Waals surface area contributed by atoms with Crippen molar-refractivity contribution >= 4 is 23.3 Å². The van der Waals surface area contributed by atoms with Crippen LogP contribution in [0.3, 0.4) is 0 Å². The molecule has 8 heteroatoms. The molecule has 4 saturated carbocycles. The highest BCUT2D eigenvalue weighted by Gasteiger charge is 2.44. The van der Waals surface area contributed by atoms with E-state index in [1.54, 1.807) is 24.4 Å². The normalized spacial score (nSPS) is 31.4. The van der Waals surface area contributed by atoms with Gasteiger partial charge in [-0.1, -0.05) is 0 Å². The van der Waals surface area contributed by atoms with Crippen molar-refractivity contribution in [3.63, 3.8) is 0 Å². The summed E-state index contributed by atoms with van der Waals surface area (Å²) in [4.78, 5) is 42.5. The Morgan fingerprint density at radius 3 is 2.20 bits per heavy atom. The predicted molar refractivity (Wildman–Crippen MR) is 152 cm³/mol. The lowest BCUT2D eigenvalue weighted by Crippen LogP contribution is -2.41. The summed E-state index contributed by atoms with van der Waals surface area (Å²) >= 11 is 0. The number of amides is 2. The molecule has 212 valence electrons. The third-order valence-corrected chi connectivity index (χ3v) is 9.76. The molecule has 2 atom stereocenters. The molecule has 0 spiro atoms. The summed E-state index contributed by atoms with van der Waals surface area (Å²) in [5.74, 6) is 1.04. The van der Waals surface area contributed by atoms with Crippen molar-refractivity contribution in [1.29, 1.82) is 0 Å². The van der Waals surface area contributed by atoms with Gasteiger partial charge in [0.15, 0.2) is 5.78 Å². The number of fused-ring (bicyclic) bond motifs is 2. The molecule has 2 bridgehead atoms. The average molecular weight is 545 g/mol. The zero-order valence-corrected chi connectivity index (χ0v) is 23.2. The maximum atomic E-state index is 13.3. The number of nitrogens with one attached hydrogen (secondary N) is 2. The molecule has 1 heterocycles. The molecule has 4 aliphatic rings. The summed E-state index contributed by atoms with van der Waals surface area (Å²) < 4.78 is 0. The molecular weight excluding hydrogens is 504 g/mol. The molecule has 0 saturated heterocycles. The second kappa shape index (κ2) is 10.6. The fraction of sp³-hybridized carbons (Fsp3) is 0.562. The van der Waals surface area contributed by atoms with E-state index in [-0.39, 0.29) is 29.7 Å². The number of aliphatic hydroxyl groups is 1. The Labute approximate surface area is 235 Å². The Bertz CT molecular complexity index is 1280. The van der Waals surface area contributed by atoms with Crippen LogP contribution in [0, 0.1) is 17.8 Å². The number of primary amides is 1. The minimum atomic E-state index is -0.653. The first-order chi connectivity index (χ1) is 19.2. The van der Waals surface area contributed by atoms with Crippen molar-refractivity contribution in [2.24, 2.45) is 23.5 Å². The molecule has 2 amide bonds. The fourth-order valence-electron chi connectivity index (χ4n) is 7.35. The number of pyridine rings is 1. The highest BCUT2D eigenvalue weighted by molar-refractivity contribution is 6.02. The molecule has 4 fully saturated rings. The molecule has 1 aromatic carbocycles. The summed E-state index contributed by atoms with van der Waals surface area (Å²) in [6, 6.07) is 9.22. The first-order valence-electron chi connectivity index (χ1n) is 14.9. The van der Waals surface area contributed by atoms with Crippen molar-refractivity contribution in [2.75, 3.05) is 5.32 Å². The lowest BCUT2D eigenvalue weighted by Gasteiger charge is -2.35. The van der Waals surface area contributed by atoms with Gasteiger partial charge in [0.05, 0.1) is 11.2 Å². The zero-order chi connectivity index (χ0) is 28.0. The van der Waals surface area contributed by atoms with Crippen LogP contribution in [0.25, 0.3) is 0 Å². The fourth-order valence-corrected chi connectivity index (χ4v) is 7.35. The largest absolute Gasteiger partial charge is 0.390 e. The van der Waals surface area contributed by atoms with Crippen molar-refractivity contribution in [1.82, 2.24) is 10.3 Å². The van der Waals surface area contributed by atoms with E-state index >= 15 is 0 Å². The summed E-state index contributed by atoms with van der Waals surface area (Å²) in [6.45, 7) is 1.85. The summed E-state index contributed by atoms with van der Waals surface area (Å²) in [6.07, 6.45) is 10.7. The van der Waals surface area contributed by atoms with Gasteiger partial charge in [0.2, 0.25) is 0 Å². The second-order valence-electron chi connectivity index (χ2n) is 12.9. The summed E-state index contributed by atoms with van der Waals surface area (Å²) in [5, 5.41) is 17.0. The first kappa shape index (κ1) is 26.9. The van der Waals surface area contributed by atoms with Crippen LogP contribution in [0.5, 0.6) is 0 Å². The number of anilines is 1. The number of rotatable bonds is 8. The first-order valence-corrected chi connectivity index (χ1v) is 14.9. The van der Waals surface area contributed by atoms with E-state index in [1.165, 1.54) is 0 Å². The van der Waals surface area contributed by atoms with Gasteiger partial charge in [-0.15, -0.1) is 0 Å². The second-order valence-corrected chi connectivity index (χ2v) is 12.9. The quantitative estimate of drug-likeness (QED) is 0.360. The molecule has 5 N–H and O–H groups in total. The van der Waals surface area contributed by atoms with E-state index in [2.05, 4.69) is 10.6 Å². The summed E-state index contributed by atoms with van der Waals surface area (Å²) in [5.41, 5.74) is 8.23. The van der Waals surface area contributed by atoms with Gasteiger partial charge in [-0.3, -0.25) is 19.4 Å². The van der Waals surface area contributed by atoms with Gasteiger partial charge in [-0.2, -0.15) is 0 Å². The third kappa shape index (κ3) is 5.64. The van der Waals surface area contributed by atoms with Gasteiger partial charge in [0, 0.05) is 52.6 Å². The van der Waals surface area contributed by atoms with Gasteiger partial charge in [-0.05, 0) is 113 Å². The Morgan fingerprint density at radius 2 is 1.60 bits per heavy atom. The highest BCUT2D eigenvalue weighted by atomic mass is 16.3. The number of aromatic nitrogens is 1. The average Bonchev–Trinajstić information content (AvgIpc) is 3.74. The van der Waals surface area contributed by atoms with E-state index in [4.69, 9.17) is 10.7 Å². The number of hydrogen-bond donors (Lipinski definition) is 4. The lowest BCUT2D eigenvalue weighted by atomic mass is 9.74. The molecule has 0 aliphatic heterocycles. The molecule has 2 unspecified atom stereocenters. The zero-order valence-electron chi connectivity index (χ0n) is 23.2. The van der Waals surface area contributed by atoms with Gasteiger partial charge in [-0.25, -0.2) is 0 Å². The molecule has 6 rings (SSSR count). The highest BCUT2D eigenvalue weighted by Crippen LogP contribution is 2.51. The van der Waals surface area contributed by atoms with Crippen molar-refractivity contribution in [3.8, 4) is 0 Å². The van der Waals surface area contributed by atoms with Crippen molar-refractivity contribution in [3.05, 3.63) is 58.9 Å². The number of carbonyl (C=O) groups excluding carboxylic acids is 3. The van der Waals surface area contributed by atoms with Crippen LogP contribution in [-0.4, -0.2) is 45.4 Å². The van der Waals surface area contributed by atoms with Crippen molar-refractivity contribution < 1.29 is 19.5 Å². The Kier molecular flexibility index (Phi) is 7.15. The number of nitrogens with zero attached hydrogens (tertiary/aromatic N) is 1. The van der Waals surface area contributed by atoms with Crippen LogP contribution in [0.1, 0.15) is 114 Å². The van der Waals surface area contributed by atoms with Gasteiger partial charge in [0.25, 0.3) is 11.8 Å². The van der Waals surface area contributed by atoms with Gasteiger partial charge >= 0.3 is 0 Å². The third-order valence-electron chi connectivity index (χ3n) is 9.76. The number of Topliss-reactive ketones (excluding diaryl/α,β-unsaturated/α-hetero) is 1. The molecule has 4 aliphatic carbocycles. The van der Waals surface area contributed by atoms with Crippen LogP contribution in [0.15, 0.2) is 36.5 Å². The van der Waals surface area contributed by atoms with Crippen LogP contribution in [0.2, 0.25) is 0 Å². The standard InChI is InChI=1S/C32H40N4O4/c1-32(40)12-10-23(11-13-32)35-27-16-21(6-8-25(27)30(33)38)31(39)36-24-14-19-4-5-20(15-24)28(19)26-9-7-22(17-34-26)29(37)18-2-3-18/h6-9,16-20,23-24,28,35,40H,2-5,10-15H2,1H3,(H2,33,38)(H,36,39). The molecule has 40 heavy (non-hydrogen) atoms. The van der Waals surface area contributed by atoms with E-state index in [0.29, 0.717) is 47.4 Å². The summed E-state index contributed by atoms with van der Waals surface area (Å²) in [7, 11) is 0. The van der Waals surface area contributed by atoms with E-state index in [0.717, 1.165) is 62.6 Å². The SMILES string of the molecule is CC1(O)CCC(Nc2cc(C(=O)NC3CC4CCC(C3)C4c3ccc(C(=O)C4CC4)cn3)ccc2C(N)=O)CC1. The number of benzene rings is 1. The van der Waals surface area contributed by atoms with E-state index in [9.17, 15) is 19.5 Å². The van der Waals surface area contributed by atoms with Crippen LogP contribution < -0.4 is 16.4 Å².